The molecule has 0 aliphatic rings. The molecule has 2 aromatic rings. The van der Waals surface area contributed by atoms with Gasteiger partial charge in [-0.25, -0.2) is 0 Å². The van der Waals surface area contributed by atoms with E-state index in [1.165, 1.54) is 11.1 Å². The molecule has 0 amide bonds. The van der Waals surface area contributed by atoms with Crippen LogP contribution in [0.25, 0.3) is 0 Å². The molecular weight excluding hydrogens is 266 g/mol. The first kappa shape index (κ1) is 15.1. The van der Waals surface area contributed by atoms with Gasteiger partial charge in [-0.15, -0.1) is 0 Å². The third-order valence-electron chi connectivity index (χ3n) is 3.50. The van der Waals surface area contributed by atoms with Gasteiger partial charge in [-0.3, -0.25) is 0 Å². The number of nitrogens with one attached hydrogen (secondary N) is 1. The van der Waals surface area contributed by atoms with Gasteiger partial charge in [0.05, 0.1) is 0 Å². The van der Waals surface area contributed by atoms with Crippen LogP contribution in [-0.4, -0.2) is 6.54 Å². The van der Waals surface area contributed by atoms with E-state index in [2.05, 4.69) is 54.7 Å². The van der Waals surface area contributed by atoms with Gasteiger partial charge in [0.15, 0.2) is 0 Å². The molecule has 106 valence electrons. The lowest BCUT2D eigenvalue weighted by atomic mass is 9.99. The smallest absolute Gasteiger partial charge is 0.0408 e. The fourth-order valence-electron chi connectivity index (χ4n) is 2.52. The summed E-state index contributed by atoms with van der Waals surface area (Å²) in [6.45, 7) is 3.16. The van der Waals surface area contributed by atoms with Gasteiger partial charge in [0.2, 0.25) is 0 Å². The van der Waals surface area contributed by atoms with Gasteiger partial charge in [-0.1, -0.05) is 61.0 Å². The first-order valence-electron chi connectivity index (χ1n) is 7.32. The van der Waals surface area contributed by atoms with Crippen LogP contribution in [0.15, 0.2) is 54.6 Å². The molecule has 0 radical (unpaired) electrons. The molecular formula is C18H22ClN. The normalized spacial score (nSPS) is 12.3. The molecule has 0 bridgehead atoms. The van der Waals surface area contributed by atoms with E-state index in [0.29, 0.717) is 6.04 Å². The van der Waals surface area contributed by atoms with Crippen LogP contribution in [-0.2, 0) is 6.42 Å². The Morgan fingerprint density at radius 2 is 1.85 bits per heavy atom. The maximum atomic E-state index is 6.02. The van der Waals surface area contributed by atoms with Crippen molar-refractivity contribution in [3.05, 3.63) is 70.7 Å². The molecule has 2 heteroatoms. The van der Waals surface area contributed by atoms with Crippen molar-refractivity contribution in [3.63, 3.8) is 0 Å². The Kier molecular flexibility index (Phi) is 6.10. The van der Waals surface area contributed by atoms with Gasteiger partial charge in [0.1, 0.15) is 0 Å². The lowest BCUT2D eigenvalue weighted by Crippen LogP contribution is -2.20. The molecule has 0 fully saturated rings. The van der Waals surface area contributed by atoms with E-state index < -0.39 is 0 Å². The highest BCUT2D eigenvalue weighted by Crippen LogP contribution is 2.20. The third-order valence-corrected chi connectivity index (χ3v) is 3.73. The van der Waals surface area contributed by atoms with Crippen LogP contribution in [0.1, 0.15) is 36.9 Å². The second-order valence-electron chi connectivity index (χ2n) is 5.04. The average Bonchev–Trinajstić information content (AvgIpc) is 2.47. The fourth-order valence-corrected chi connectivity index (χ4v) is 2.73. The maximum absolute atomic E-state index is 6.02. The zero-order chi connectivity index (χ0) is 14.2. The molecule has 1 atom stereocenters. The van der Waals surface area contributed by atoms with E-state index in [-0.39, 0.29) is 0 Å². The SMILES string of the molecule is CCNC(CCCc1cccc(Cl)c1)c1ccccc1. The number of hydrogen-bond acceptors (Lipinski definition) is 1. The first-order valence-corrected chi connectivity index (χ1v) is 7.70. The molecule has 20 heavy (non-hydrogen) atoms. The van der Waals surface area contributed by atoms with E-state index in [1.807, 2.05) is 12.1 Å². The number of aryl methyl sites for hydroxylation is 1. The number of benzene rings is 2. The van der Waals surface area contributed by atoms with Gasteiger partial charge >= 0.3 is 0 Å². The van der Waals surface area contributed by atoms with Crippen LogP contribution in [0.5, 0.6) is 0 Å². The van der Waals surface area contributed by atoms with Crippen molar-refractivity contribution in [2.45, 2.75) is 32.2 Å². The Morgan fingerprint density at radius 3 is 2.55 bits per heavy atom. The summed E-state index contributed by atoms with van der Waals surface area (Å²) in [6, 6.07) is 19.3. The molecule has 0 spiro atoms. The topological polar surface area (TPSA) is 12.0 Å². The predicted octanol–water partition coefficient (Wildman–Crippen LogP) is 5.01. The molecule has 2 aromatic carbocycles. The largest absolute Gasteiger partial charge is 0.310 e. The molecule has 0 aliphatic heterocycles. The van der Waals surface area contributed by atoms with E-state index in [4.69, 9.17) is 11.6 Å². The minimum Gasteiger partial charge on any atom is -0.310 e. The highest BCUT2D eigenvalue weighted by Gasteiger charge is 2.09. The lowest BCUT2D eigenvalue weighted by molar-refractivity contribution is 0.498. The van der Waals surface area contributed by atoms with Crippen molar-refractivity contribution in [1.82, 2.24) is 5.32 Å². The van der Waals surface area contributed by atoms with Gasteiger partial charge < -0.3 is 5.32 Å². The summed E-state index contributed by atoms with van der Waals surface area (Å²) >= 11 is 6.02. The summed E-state index contributed by atoms with van der Waals surface area (Å²) in [5, 5.41) is 4.40. The highest BCUT2D eigenvalue weighted by molar-refractivity contribution is 6.30. The van der Waals surface area contributed by atoms with Gasteiger partial charge in [-0.05, 0) is 49.1 Å². The molecule has 1 unspecified atom stereocenters. The summed E-state index contributed by atoms with van der Waals surface area (Å²) in [5.41, 5.74) is 2.70. The van der Waals surface area contributed by atoms with E-state index in [9.17, 15) is 0 Å². The predicted molar refractivity (Wildman–Crippen MR) is 87.2 cm³/mol. The van der Waals surface area contributed by atoms with Gasteiger partial charge in [0.25, 0.3) is 0 Å². The summed E-state index contributed by atoms with van der Waals surface area (Å²) in [4.78, 5) is 0. The number of rotatable bonds is 7. The van der Waals surface area contributed by atoms with Gasteiger partial charge in [-0.2, -0.15) is 0 Å². The average molecular weight is 288 g/mol. The lowest BCUT2D eigenvalue weighted by Gasteiger charge is -2.18. The first-order chi connectivity index (χ1) is 9.79. The van der Waals surface area contributed by atoms with Crippen molar-refractivity contribution in [3.8, 4) is 0 Å². The van der Waals surface area contributed by atoms with Crippen molar-refractivity contribution in [1.29, 1.82) is 0 Å². The molecule has 1 N–H and O–H groups in total. The van der Waals surface area contributed by atoms with Crippen molar-refractivity contribution < 1.29 is 0 Å². The van der Waals surface area contributed by atoms with E-state index in [0.717, 1.165) is 30.8 Å². The Balaban J connectivity index is 1.90. The summed E-state index contributed by atoms with van der Waals surface area (Å²) in [6.07, 6.45) is 3.38. The van der Waals surface area contributed by atoms with Crippen molar-refractivity contribution in [2.75, 3.05) is 6.54 Å². The Bertz CT molecular complexity index is 510. The van der Waals surface area contributed by atoms with Crippen molar-refractivity contribution in [2.24, 2.45) is 0 Å². The zero-order valence-corrected chi connectivity index (χ0v) is 12.7. The summed E-state index contributed by atoms with van der Waals surface area (Å²) in [5.74, 6) is 0. The highest BCUT2D eigenvalue weighted by atomic mass is 35.5. The molecule has 0 aromatic heterocycles. The molecule has 0 aliphatic carbocycles. The molecule has 0 heterocycles. The number of halogens is 1. The molecule has 1 nitrogen and oxygen atoms in total. The summed E-state index contributed by atoms with van der Waals surface area (Å²) < 4.78 is 0. The second-order valence-corrected chi connectivity index (χ2v) is 5.48. The fraction of sp³-hybridized carbons (Fsp3) is 0.333. The molecule has 0 saturated heterocycles. The van der Waals surface area contributed by atoms with E-state index >= 15 is 0 Å². The minimum atomic E-state index is 0.445. The monoisotopic (exact) mass is 287 g/mol. The van der Waals surface area contributed by atoms with Gasteiger partial charge in [0, 0.05) is 11.1 Å². The quantitative estimate of drug-likeness (QED) is 0.754. The van der Waals surface area contributed by atoms with E-state index in [1.54, 1.807) is 0 Å². The Hall–Kier alpha value is -1.31. The van der Waals surface area contributed by atoms with Crippen LogP contribution < -0.4 is 5.32 Å². The second kappa shape index (κ2) is 8.08. The van der Waals surface area contributed by atoms with Crippen LogP contribution in [0.4, 0.5) is 0 Å². The van der Waals surface area contributed by atoms with Crippen LogP contribution >= 0.6 is 11.6 Å². The standard InChI is InChI=1S/C18H22ClN/c1-2-20-18(16-10-4-3-5-11-16)13-7-9-15-8-6-12-17(19)14-15/h3-6,8,10-12,14,18,20H,2,7,9,13H2,1H3. The zero-order valence-electron chi connectivity index (χ0n) is 12.0. The maximum Gasteiger partial charge on any atom is 0.0408 e. The third kappa shape index (κ3) is 4.66. The Labute approximate surface area is 127 Å². The van der Waals surface area contributed by atoms with Crippen molar-refractivity contribution >= 4 is 11.6 Å². The van der Waals surface area contributed by atoms with Crippen LogP contribution in [0, 0.1) is 0 Å². The Morgan fingerprint density at radius 1 is 1.05 bits per heavy atom. The summed E-state index contributed by atoms with van der Waals surface area (Å²) in [7, 11) is 0. The van der Waals surface area contributed by atoms with Crippen LogP contribution in [0.2, 0.25) is 5.02 Å². The minimum absolute atomic E-state index is 0.445. The van der Waals surface area contributed by atoms with Crippen LogP contribution in [0.3, 0.4) is 0 Å². The number of hydrogen-bond donors (Lipinski definition) is 1. The molecule has 2 rings (SSSR count). The molecule has 0 saturated carbocycles.